The highest BCUT2D eigenvalue weighted by Gasteiger charge is 2.08. The average Bonchev–Trinajstić information content (AvgIpc) is 2.98. The van der Waals surface area contributed by atoms with Crippen LogP contribution < -0.4 is 0 Å². The maximum absolute atomic E-state index is 4.63. The van der Waals surface area contributed by atoms with Crippen LogP contribution in [0.4, 0.5) is 0 Å². The fraction of sp³-hybridized carbons (Fsp3) is 0. The van der Waals surface area contributed by atoms with Gasteiger partial charge in [-0.15, -0.1) is 22.7 Å². The molecule has 0 bridgehead atoms. The highest BCUT2D eigenvalue weighted by atomic mass is 79.9. The molecule has 0 radical (unpaired) electrons. The Morgan fingerprint density at radius 2 is 2.12 bits per heavy atom. The zero-order valence-electron chi connectivity index (χ0n) is 8.63. The van der Waals surface area contributed by atoms with Crippen LogP contribution in [0, 0.1) is 0 Å². The lowest BCUT2D eigenvalue weighted by molar-refractivity contribution is 1.31. The van der Waals surface area contributed by atoms with E-state index in [4.69, 9.17) is 0 Å². The Labute approximate surface area is 115 Å². The largest absolute Gasteiger partial charge is 0.264 e. The average molecular weight is 323 g/mol. The predicted octanol–water partition coefficient (Wildman–Crippen LogP) is 4.70. The van der Waals surface area contributed by atoms with Crippen molar-refractivity contribution in [3.05, 3.63) is 45.8 Å². The van der Waals surface area contributed by atoms with E-state index in [0.29, 0.717) is 0 Å². The topological polar surface area (TPSA) is 25.8 Å². The number of hydrogen-bond donors (Lipinski definition) is 0. The van der Waals surface area contributed by atoms with Gasteiger partial charge in [0, 0.05) is 23.3 Å². The van der Waals surface area contributed by atoms with Crippen LogP contribution in [0.15, 0.2) is 45.8 Å². The summed E-state index contributed by atoms with van der Waals surface area (Å²) in [7, 11) is 0. The van der Waals surface area contributed by atoms with Crippen LogP contribution in [-0.4, -0.2) is 9.97 Å². The Kier molecular flexibility index (Phi) is 3.05. The third kappa shape index (κ3) is 2.31. The summed E-state index contributed by atoms with van der Waals surface area (Å²) in [6, 6.07) is 8.08. The molecule has 3 heterocycles. The molecule has 0 aliphatic heterocycles. The highest BCUT2D eigenvalue weighted by Crippen LogP contribution is 2.34. The van der Waals surface area contributed by atoms with E-state index in [1.165, 1.54) is 4.88 Å². The maximum Gasteiger partial charge on any atom is 0.125 e. The number of halogens is 1. The van der Waals surface area contributed by atoms with Crippen molar-refractivity contribution in [3.8, 4) is 21.1 Å². The first-order valence-electron chi connectivity index (χ1n) is 4.94. The lowest BCUT2D eigenvalue weighted by Gasteiger charge is -1.93. The molecule has 3 aromatic heterocycles. The Bertz CT molecular complexity index is 631. The van der Waals surface area contributed by atoms with Crippen molar-refractivity contribution < 1.29 is 0 Å². The summed E-state index contributed by atoms with van der Waals surface area (Å²) in [5.74, 6) is 0. The molecule has 0 unspecified atom stereocenters. The SMILES string of the molecule is Brc1ccc(-c2csc(-c3cccnc3)n2)s1. The molecule has 0 atom stereocenters. The van der Waals surface area contributed by atoms with Crippen LogP contribution in [-0.2, 0) is 0 Å². The Morgan fingerprint density at radius 3 is 2.82 bits per heavy atom. The standard InChI is InChI=1S/C12H7BrN2S2/c13-11-4-3-10(17-11)9-7-16-12(15-9)8-2-1-5-14-6-8/h1-7H. The van der Waals surface area contributed by atoms with Gasteiger partial charge in [0.05, 0.1) is 14.4 Å². The molecule has 0 saturated heterocycles. The highest BCUT2D eigenvalue weighted by molar-refractivity contribution is 9.11. The van der Waals surface area contributed by atoms with Crippen molar-refractivity contribution in [2.75, 3.05) is 0 Å². The molecule has 84 valence electrons. The Morgan fingerprint density at radius 1 is 1.18 bits per heavy atom. The number of thiazole rings is 1. The lowest BCUT2D eigenvalue weighted by atomic mass is 10.3. The minimum Gasteiger partial charge on any atom is -0.264 e. The summed E-state index contributed by atoms with van der Waals surface area (Å²) in [5, 5.41) is 3.10. The van der Waals surface area contributed by atoms with Gasteiger partial charge in [-0.1, -0.05) is 0 Å². The van der Waals surface area contributed by atoms with E-state index in [1.807, 2.05) is 24.4 Å². The number of aromatic nitrogens is 2. The molecule has 0 fully saturated rings. The summed E-state index contributed by atoms with van der Waals surface area (Å²) < 4.78 is 1.13. The minimum atomic E-state index is 1.01. The Balaban J connectivity index is 1.99. The summed E-state index contributed by atoms with van der Waals surface area (Å²) in [4.78, 5) is 9.92. The quantitative estimate of drug-likeness (QED) is 0.683. The molecule has 17 heavy (non-hydrogen) atoms. The fourth-order valence-corrected chi connectivity index (χ4v) is 3.69. The molecule has 0 aromatic carbocycles. The molecule has 3 aromatic rings. The lowest BCUT2D eigenvalue weighted by Crippen LogP contribution is -1.78. The summed E-state index contributed by atoms with van der Waals surface area (Å²) in [6.45, 7) is 0. The molecule has 0 aliphatic rings. The third-order valence-electron chi connectivity index (χ3n) is 2.24. The van der Waals surface area contributed by atoms with E-state index in [-0.39, 0.29) is 0 Å². The van der Waals surface area contributed by atoms with Crippen molar-refractivity contribution in [2.45, 2.75) is 0 Å². The van der Waals surface area contributed by atoms with Crippen LogP contribution in [0.25, 0.3) is 21.1 Å². The van der Waals surface area contributed by atoms with E-state index >= 15 is 0 Å². The van der Waals surface area contributed by atoms with Crippen molar-refractivity contribution in [1.29, 1.82) is 0 Å². The molecule has 0 aliphatic carbocycles. The predicted molar refractivity (Wildman–Crippen MR) is 76.4 cm³/mol. The van der Waals surface area contributed by atoms with Gasteiger partial charge in [-0.25, -0.2) is 4.98 Å². The molecular weight excluding hydrogens is 316 g/mol. The smallest absolute Gasteiger partial charge is 0.125 e. The first-order valence-corrected chi connectivity index (χ1v) is 7.43. The molecule has 0 saturated carbocycles. The third-order valence-corrected chi connectivity index (χ3v) is 4.78. The van der Waals surface area contributed by atoms with Crippen LogP contribution in [0.2, 0.25) is 0 Å². The van der Waals surface area contributed by atoms with Gasteiger partial charge in [0.15, 0.2) is 0 Å². The van der Waals surface area contributed by atoms with Gasteiger partial charge in [-0.05, 0) is 40.2 Å². The zero-order chi connectivity index (χ0) is 11.7. The molecule has 0 amide bonds. The second-order valence-electron chi connectivity index (χ2n) is 3.38. The van der Waals surface area contributed by atoms with Crippen LogP contribution in [0.3, 0.4) is 0 Å². The second-order valence-corrected chi connectivity index (χ2v) is 6.70. The van der Waals surface area contributed by atoms with Gasteiger partial charge in [-0.3, -0.25) is 4.98 Å². The van der Waals surface area contributed by atoms with E-state index < -0.39 is 0 Å². The van der Waals surface area contributed by atoms with E-state index in [1.54, 1.807) is 28.9 Å². The molecule has 5 heteroatoms. The minimum absolute atomic E-state index is 1.01. The number of pyridine rings is 1. The molecule has 0 spiro atoms. The van der Waals surface area contributed by atoms with Crippen molar-refractivity contribution in [2.24, 2.45) is 0 Å². The molecule has 2 nitrogen and oxygen atoms in total. The number of rotatable bonds is 2. The molecule has 0 N–H and O–H groups in total. The maximum atomic E-state index is 4.63. The van der Waals surface area contributed by atoms with Gasteiger partial charge in [0.25, 0.3) is 0 Å². The molecule has 3 rings (SSSR count). The summed E-state index contributed by atoms with van der Waals surface area (Å²) in [6.07, 6.45) is 3.61. The zero-order valence-corrected chi connectivity index (χ0v) is 11.8. The first-order chi connectivity index (χ1) is 8.33. The van der Waals surface area contributed by atoms with Gasteiger partial charge >= 0.3 is 0 Å². The van der Waals surface area contributed by atoms with E-state index in [2.05, 4.69) is 37.3 Å². The number of nitrogens with zero attached hydrogens (tertiary/aromatic N) is 2. The summed E-state index contributed by atoms with van der Waals surface area (Å²) >= 11 is 6.81. The van der Waals surface area contributed by atoms with E-state index in [9.17, 15) is 0 Å². The van der Waals surface area contributed by atoms with Crippen LogP contribution >= 0.6 is 38.6 Å². The van der Waals surface area contributed by atoms with Crippen molar-refractivity contribution >= 4 is 38.6 Å². The Hall–Kier alpha value is -1.04. The normalized spacial score (nSPS) is 10.6. The van der Waals surface area contributed by atoms with Crippen molar-refractivity contribution in [1.82, 2.24) is 9.97 Å². The van der Waals surface area contributed by atoms with Gasteiger partial charge in [-0.2, -0.15) is 0 Å². The van der Waals surface area contributed by atoms with Crippen LogP contribution in [0.5, 0.6) is 0 Å². The second kappa shape index (κ2) is 4.68. The fourth-order valence-electron chi connectivity index (χ4n) is 1.46. The van der Waals surface area contributed by atoms with Gasteiger partial charge in [0.1, 0.15) is 5.01 Å². The monoisotopic (exact) mass is 322 g/mol. The van der Waals surface area contributed by atoms with Crippen LogP contribution in [0.1, 0.15) is 0 Å². The first kappa shape index (κ1) is 11.1. The van der Waals surface area contributed by atoms with Gasteiger partial charge in [0.2, 0.25) is 0 Å². The summed E-state index contributed by atoms with van der Waals surface area (Å²) in [5.41, 5.74) is 2.10. The van der Waals surface area contributed by atoms with Crippen molar-refractivity contribution in [3.63, 3.8) is 0 Å². The number of hydrogen-bond acceptors (Lipinski definition) is 4. The number of thiophene rings is 1. The van der Waals surface area contributed by atoms with E-state index in [0.717, 1.165) is 20.1 Å². The van der Waals surface area contributed by atoms with Gasteiger partial charge < -0.3 is 0 Å². The molecular formula is C12H7BrN2S2.